The number of benzene rings is 3. The Balaban J connectivity index is 1.63. The van der Waals surface area contributed by atoms with Gasteiger partial charge in [-0.1, -0.05) is 77.5 Å². The number of halogens is 3. The van der Waals surface area contributed by atoms with E-state index < -0.39 is 0 Å². The number of carbonyl (C=O) groups is 1. The first kappa shape index (κ1) is 22.7. The number of nitrogens with zero attached hydrogens (tertiary/aromatic N) is 1. The minimum atomic E-state index is -0.330. The van der Waals surface area contributed by atoms with Gasteiger partial charge in [0, 0.05) is 4.47 Å². The first-order chi connectivity index (χ1) is 14.5. The van der Waals surface area contributed by atoms with Gasteiger partial charge < -0.3 is 4.74 Å². The molecule has 0 bridgehead atoms. The molecule has 0 aliphatic rings. The van der Waals surface area contributed by atoms with Gasteiger partial charge in [0.05, 0.1) is 14.7 Å². The van der Waals surface area contributed by atoms with Gasteiger partial charge in [-0.2, -0.15) is 5.10 Å². The van der Waals surface area contributed by atoms with E-state index in [1.54, 1.807) is 0 Å². The van der Waals surface area contributed by atoms with E-state index in [0.29, 0.717) is 12.2 Å². The van der Waals surface area contributed by atoms with Crippen molar-refractivity contribution < 1.29 is 9.53 Å². The molecule has 0 spiro atoms. The fraction of sp³-hybridized carbons (Fsp3) is 0.130. The number of nitrogens with one attached hydrogen (secondary N) is 1. The molecular formula is C23H19Br3N2O2. The molecule has 0 radical (unpaired) electrons. The van der Waals surface area contributed by atoms with E-state index in [-0.39, 0.29) is 12.5 Å². The molecule has 3 aromatic rings. The van der Waals surface area contributed by atoms with E-state index in [2.05, 4.69) is 82.6 Å². The van der Waals surface area contributed by atoms with Crippen LogP contribution in [0.3, 0.4) is 0 Å². The maximum atomic E-state index is 12.2. The second kappa shape index (κ2) is 10.9. The van der Waals surface area contributed by atoms with Gasteiger partial charge in [-0.05, 0) is 67.1 Å². The van der Waals surface area contributed by atoms with Crippen LogP contribution in [-0.4, -0.2) is 18.2 Å². The highest BCUT2D eigenvalue weighted by Crippen LogP contribution is 2.36. The average molecular weight is 595 g/mol. The monoisotopic (exact) mass is 592 g/mol. The van der Waals surface area contributed by atoms with Crippen LogP contribution >= 0.6 is 47.8 Å². The van der Waals surface area contributed by atoms with Crippen molar-refractivity contribution in [3.63, 3.8) is 0 Å². The fourth-order valence-corrected chi connectivity index (χ4v) is 5.29. The molecule has 0 aliphatic carbocycles. The van der Waals surface area contributed by atoms with Crippen molar-refractivity contribution in [2.45, 2.75) is 13.3 Å². The van der Waals surface area contributed by atoms with Crippen LogP contribution < -0.4 is 10.2 Å². The summed E-state index contributed by atoms with van der Waals surface area (Å²) in [5, 5.41) is 4.29. The van der Waals surface area contributed by atoms with Gasteiger partial charge in [0.2, 0.25) is 0 Å². The lowest BCUT2D eigenvalue weighted by Crippen LogP contribution is -2.26. The topological polar surface area (TPSA) is 50.7 Å². The Morgan fingerprint density at radius 3 is 2.13 bits per heavy atom. The number of hydrazone groups is 1. The number of amides is 1. The second-order valence-corrected chi connectivity index (χ2v) is 9.00. The van der Waals surface area contributed by atoms with E-state index in [1.807, 2.05) is 49.4 Å². The molecule has 0 fully saturated rings. The van der Waals surface area contributed by atoms with Crippen molar-refractivity contribution in [1.29, 1.82) is 0 Å². The van der Waals surface area contributed by atoms with Gasteiger partial charge in [-0.3, -0.25) is 4.79 Å². The highest BCUT2D eigenvalue weighted by Gasteiger charge is 2.11. The fourth-order valence-electron chi connectivity index (χ4n) is 2.80. The predicted molar refractivity (Wildman–Crippen MR) is 132 cm³/mol. The molecular weight excluding hydrogens is 576 g/mol. The Labute approximate surface area is 201 Å². The third kappa shape index (κ3) is 6.03. The zero-order valence-electron chi connectivity index (χ0n) is 16.2. The minimum Gasteiger partial charge on any atom is -0.481 e. The molecule has 0 saturated carbocycles. The molecule has 3 aromatic carbocycles. The standard InChI is InChI=1S/C23H19Br3N2O2/c1-2-21(17-10-8-16(9-11-17)15-6-4-3-5-7-15)27-28-22(29)14-30-23-19(25)12-18(24)13-20(23)26/h3-13H,2,14H2,1H3,(H,28,29)/b27-21-. The van der Waals surface area contributed by atoms with Gasteiger partial charge in [-0.25, -0.2) is 5.43 Å². The Hall–Kier alpha value is -1.96. The molecule has 0 heterocycles. The lowest BCUT2D eigenvalue weighted by atomic mass is 10.0. The molecule has 7 heteroatoms. The molecule has 154 valence electrons. The Morgan fingerprint density at radius 1 is 0.933 bits per heavy atom. The quantitative estimate of drug-likeness (QED) is 0.238. The molecule has 30 heavy (non-hydrogen) atoms. The number of carbonyl (C=O) groups excluding carboxylic acids is 1. The molecule has 3 rings (SSSR count). The van der Waals surface area contributed by atoms with E-state index in [4.69, 9.17) is 4.74 Å². The van der Waals surface area contributed by atoms with Crippen LogP contribution in [0.4, 0.5) is 0 Å². The molecule has 1 amide bonds. The highest BCUT2D eigenvalue weighted by molar-refractivity contribution is 9.11. The van der Waals surface area contributed by atoms with Crippen LogP contribution in [0.15, 0.2) is 85.2 Å². The molecule has 0 saturated heterocycles. The number of ether oxygens (including phenoxy) is 1. The second-order valence-electron chi connectivity index (χ2n) is 6.38. The van der Waals surface area contributed by atoms with Crippen LogP contribution in [0.2, 0.25) is 0 Å². The first-order valence-corrected chi connectivity index (χ1v) is 11.6. The summed E-state index contributed by atoms with van der Waals surface area (Å²) in [7, 11) is 0. The van der Waals surface area contributed by atoms with Crippen molar-refractivity contribution in [2.24, 2.45) is 5.10 Å². The maximum absolute atomic E-state index is 12.2. The van der Waals surface area contributed by atoms with E-state index in [9.17, 15) is 4.79 Å². The summed E-state index contributed by atoms with van der Waals surface area (Å²) in [5.41, 5.74) is 6.65. The lowest BCUT2D eigenvalue weighted by Gasteiger charge is -2.11. The van der Waals surface area contributed by atoms with Gasteiger partial charge >= 0.3 is 0 Å². The number of hydrogen-bond acceptors (Lipinski definition) is 3. The van der Waals surface area contributed by atoms with Crippen molar-refractivity contribution in [3.05, 3.63) is 85.7 Å². The summed E-state index contributed by atoms with van der Waals surface area (Å²) in [6.07, 6.45) is 0.690. The van der Waals surface area contributed by atoms with Crippen molar-refractivity contribution in [3.8, 4) is 16.9 Å². The third-order valence-corrected chi connectivity index (χ3v) is 5.92. The number of hydrogen-bond donors (Lipinski definition) is 1. The molecule has 0 aromatic heterocycles. The van der Waals surface area contributed by atoms with Crippen molar-refractivity contribution in [1.82, 2.24) is 5.43 Å². The lowest BCUT2D eigenvalue weighted by molar-refractivity contribution is -0.123. The van der Waals surface area contributed by atoms with E-state index in [1.165, 1.54) is 0 Å². The van der Waals surface area contributed by atoms with Crippen LogP contribution in [0, 0.1) is 0 Å². The van der Waals surface area contributed by atoms with Gasteiger partial charge in [-0.15, -0.1) is 0 Å². The first-order valence-electron chi connectivity index (χ1n) is 9.26. The van der Waals surface area contributed by atoms with Gasteiger partial charge in [0.15, 0.2) is 6.61 Å². The summed E-state index contributed by atoms with van der Waals surface area (Å²) >= 11 is 10.3. The van der Waals surface area contributed by atoms with Crippen molar-refractivity contribution >= 4 is 59.4 Å². The third-order valence-electron chi connectivity index (χ3n) is 4.29. The van der Waals surface area contributed by atoms with Gasteiger partial charge in [0.25, 0.3) is 5.91 Å². The summed E-state index contributed by atoms with van der Waals surface area (Å²) in [5.74, 6) is 0.230. The number of rotatable bonds is 7. The van der Waals surface area contributed by atoms with Crippen LogP contribution in [0.5, 0.6) is 5.75 Å². The van der Waals surface area contributed by atoms with E-state index in [0.717, 1.165) is 35.8 Å². The van der Waals surface area contributed by atoms with Crippen LogP contribution in [-0.2, 0) is 4.79 Å². The summed E-state index contributed by atoms with van der Waals surface area (Å²) in [4.78, 5) is 12.2. The summed E-state index contributed by atoms with van der Waals surface area (Å²) in [6.45, 7) is 1.86. The zero-order chi connectivity index (χ0) is 21.5. The zero-order valence-corrected chi connectivity index (χ0v) is 20.9. The molecule has 0 unspecified atom stereocenters. The summed E-state index contributed by atoms with van der Waals surface area (Å²) < 4.78 is 8.01. The largest absolute Gasteiger partial charge is 0.481 e. The van der Waals surface area contributed by atoms with Crippen LogP contribution in [0.25, 0.3) is 11.1 Å². The van der Waals surface area contributed by atoms with Crippen molar-refractivity contribution in [2.75, 3.05) is 6.61 Å². The maximum Gasteiger partial charge on any atom is 0.277 e. The van der Waals surface area contributed by atoms with E-state index >= 15 is 0 Å². The smallest absolute Gasteiger partial charge is 0.277 e. The highest BCUT2D eigenvalue weighted by atomic mass is 79.9. The average Bonchev–Trinajstić information content (AvgIpc) is 2.74. The molecule has 0 aliphatic heterocycles. The molecule has 1 N–H and O–H groups in total. The van der Waals surface area contributed by atoms with Crippen LogP contribution in [0.1, 0.15) is 18.9 Å². The summed E-state index contributed by atoms with van der Waals surface area (Å²) in [6, 6.07) is 22.0. The van der Waals surface area contributed by atoms with Gasteiger partial charge in [0.1, 0.15) is 5.75 Å². The Morgan fingerprint density at radius 2 is 1.53 bits per heavy atom. The SMILES string of the molecule is CC/C(=N/NC(=O)COc1c(Br)cc(Br)cc1Br)c1ccc(-c2ccccc2)cc1. The minimum absolute atomic E-state index is 0.147. The Kier molecular flexibility index (Phi) is 8.24. The molecule has 4 nitrogen and oxygen atoms in total. The predicted octanol–water partition coefficient (Wildman–Crippen LogP) is 6.95. The molecule has 0 atom stereocenters. The normalized spacial score (nSPS) is 11.3. The Bertz CT molecular complexity index is 1030.